The van der Waals surface area contributed by atoms with E-state index in [9.17, 15) is 4.79 Å². The fourth-order valence-corrected chi connectivity index (χ4v) is 0.823. The summed E-state index contributed by atoms with van der Waals surface area (Å²) in [6.45, 7) is -0.671. The first kappa shape index (κ1) is 36.4. The molecule has 0 saturated heterocycles. The minimum atomic E-state index is -5.39. The van der Waals surface area contributed by atoms with Crippen molar-refractivity contribution in [2.75, 3.05) is 6.61 Å². The number of phosphoric acid groups is 2. The van der Waals surface area contributed by atoms with E-state index in [0.717, 1.165) is 0 Å². The molecular formula is C6H8Mn3O14P2. The summed E-state index contributed by atoms with van der Waals surface area (Å²) in [5, 5.41) is 35.0. The molecule has 0 spiro atoms. The van der Waals surface area contributed by atoms with Crippen LogP contribution in [-0.4, -0.2) is 45.2 Å². The molecule has 14 nitrogen and oxygen atoms in total. The minimum Gasteiger partial charge on any atom is -0.822 e. The number of ether oxygens (including phenoxy) is 1. The summed E-state index contributed by atoms with van der Waals surface area (Å²) in [5.74, 6) is -2.78. The fraction of sp³-hybridized carbons (Fsp3) is 0.500. The molecule has 0 aromatic heterocycles. The van der Waals surface area contributed by atoms with E-state index in [-0.39, 0.29) is 51.2 Å². The van der Waals surface area contributed by atoms with Gasteiger partial charge in [0.1, 0.15) is 6.10 Å². The van der Waals surface area contributed by atoms with E-state index < -0.39 is 51.9 Å². The summed E-state index contributed by atoms with van der Waals surface area (Å²) >= 11 is 0. The molecule has 1 aliphatic heterocycles. The van der Waals surface area contributed by atoms with Crippen LogP contribution in [0.4, 0.5) is 0 Å². The van der Waals surface area contributed by atoms with Crippen LogP contribution in [-0.2, 0) is 69.9 Å². The zero-order chi connectivity index (χ0) is 18.3. The molecule has 0 aliphatic carbocycles. The zero-order valence-electron chi connectivity index (χ0n) is 11.3. The summed E-state index contributed by atoms with van der Waals surface area (Å²) in [6, 6.07) is 0. The number of esters is 1. The Morgan fingerprint density at radius 1 is 0.960 bits per heavy atom. The number of cyclic esters (lactones) is 1. The second-order valence-corrected chi connectivity index (χ2v) is 4.99. The Morgan fingerprint density at radius 2 is 1.24 bits per heavy atom. The third-order valence-electron chi connectivity index (χ3n) is 1.48. The van der Waals surface area contributed by atoms with E-state index in [1.165, 1.54) is 0 Å². The van der Waals surface area contributed by atoms with Gasteiger partial charge in [0.2, 0.25) is 5.76 Å². The Balaban J connectivity index is -0.0000000882. The topological polar surface area (TPSA) is 280 Å². The first-order chi connectivity index (χ1) is 9.57. The average Bonchev–Trinajstić information content (AvgIpc) is 2.51. The van der Waals surface area contributed by atoms with Gasteiger partial charge in [0, 0.05) is 0 Å². The molecule has 25 heavy (non-hydrogen) atoms. The molecule has 0 aromatic carbocycles. The maximum absolute atomic E-state index is 10.5. The van der Waals surface area contributed by atoms with Crippen LogP contribution in [0.25, 0.3) is 0 Å². The second kappa shape index (κ2) is 15.6. The summed E-state index contributed by atoms with van der Waals surface area (Å²) in [6.07, 6.45) is -2.78. The molecule has 0 saturated carbocycles. The number of aliphatic hydroxyl groups is 4. The predicted octanol–water partition coefficient (Wildman–Crippen LogP) is -7.06. The van der Waals surface area contributed by atoms with Crippen molar-refractivity contribution < 1.29 is 120 Å². The average molecular weight is 531 g/mol. The number of aliphatic hydroxyl groups excluding tert-OH is 4. The monoisotopic (exact) mass is 531 g/mol. The van der Waals surface area contributed by atoms with Gasteiger partial charge in [-0.05, 0) is 0 Å². The van der Waals surface area contributed by atoms with Gasteiger partial charge in [-0.15, -0.1) is 0 Å². The van der Waals surface area contributed by atoms with Gasteiger partial charge in [0.15, 0.2) is 11.9 Å². The Kier molecular flexibility index (Phi) is 22.7. The fourth-order valence-electron chi connectivity index (χ4n) is 0.823. The molecule has 2 atom stereocenters. The van der Waals surface area contributed by atoms with Crippen LogP contribution < -0.4 is 29.4 Å². The van der Waals surface area contributed by atoms with Crippen LogP contribution in [0.5, 0.6) is 0 Å². The quantitative estimate of drug-likeness (QED) is 0.146. The minimum absolute atomic E-state index is 0. The molecule has 19 heteroatoms. The first-order valence-corrected chi connectivity index (χ1v) is 7.58. The summed E-state index contributed by atoms with van der Waals surface area (Å²) < 4.78 is 21.4. The molecule has 0 fully saturated rings. The molecule has 0 bridgehead atoms. The number of hydrogen-bond donors (Lipinski definition) is 4. The van der Waals surface area contributed by atoms with Crippen LogP contribution in [0.3, 0.4) is 0 Å². The van der Waals surface area contributed by atoms with Gasteiger partial charge in [-0.2, -0.15) is 15.6 Å². The van der Waals surface area contributed by atoms with E-state index in [0.29, 0.717) is 0 Å². The van der Waals surface area contributed by atoms with Gasteiger partial charge in [-0.3, -0.25) is 0 Å². The third kappa shape index (κ3) is 24.5. The first-order valence-electron chi connectivity index (χ1n) is 4.66. The Morgan fingerprint density at radius 3 is 1.40 bits per heavy atom. The molecule has 147 valence electrons. The summed E-state index contributed by atoms with van der Waals surface area (Å²) in [4.78, 5) is 61.8. The number of rotatable bonds is 2. The largest absolute Gasteiger partial charge is 2.00 e. The molecule has 1 rings (SSSR count). The van der Waals surface area contributed by atoms with Crippen molar-refractivity contribution in [1.29, 1.82) is 0 Å². The van der Waals surface area contributed by atoms with Gasteiger partial charge >= 0.3 is 57.2 Å². The maximum atomic E-state index is 10.5. The van der Waals surface area contributed by atoms with Gasteiger partial charge < -0.3 is 63.7 Å². The second-order valence-electron chi connectivity index (χ2n) is 3.20. The SMILES string of the molecule is O=C1O[C@H]([C@@H](O)CO)C(O)=C1O.O=P([O-])([O-])[O-].O=P([O-])([O-])[O-].[Mn+2].[Mn+2].[Mn+2]. The Bertz CT molecular complexity index is 462. The van der Waals surface area contributed by atoms with Crippen molar-refractivity contribution in [2.24, 2.45) is 0 Å². The molecule has 3 radical (unpaired) electrons. The Hall–Kier alpha value is 0.508. The molecule has 0 amide bonds. The van der Waals surface area contributed by atoms with Crippen molar-refractivity contribution in [1.82, 2.24) is 0 Å². The standard InChI is InChI=1S/C6H8O6.3Mn.2H3O4P/c7-1-2(8)5-3(9)4(10)6(11)12-5;;;;2*1-5(2,3)4/h2,5,7-10H,1H2;;;;2*(H3,1,2,3,4)/q;3*+2;;/p-6/t2-,5+;;;;;/m0...../s1. The maximum Gasteiger partial charge on any atom is 2.00 e. The number of carbonyl (C=O) groups excluding carboxylic acids is 1. The van der Waals surface area contributed by atoms with Gasteiger partial charge in [-0.25, -0.2) is 4.79 Å². The molecule has 0 aromatic rings. The van der Waals surface area contributed by atoms with Crippen molar-refractivity contribution in [2.45, 2.75) is 12.2 Å². The van der Waals surface area contributed by atoms with Crippen molar-refractivity contribution in [3.63, 3.8) is 0 Å². The molecule has 0 unspecified atom stereocenters. The number of hydrogen-bond acceptors (Lipinski definition) is 14. The number of carbonyl (C=O) groups is 1. The van der Waals surface area contributed by atoms with Crippen molar-refractivity contribution >= 4 is 21.6 Å². The van der Waals surface area contributed by atoms with Crippen LogP contribution in [0, 0.1) is 0 Å². The van der Waals surface area contributed by atoms with Crippen LogP contribution in [0.15, 0.2) is 11.5 Å². The zero-order valence-corrected chi connectivity index (χ0v) is 16.6. The smallest absolute Gasteiger partial charge is 0.822 e. The third-order valence-corrected chi connectivity index (χ3v) is 1.48. The summed E-state index contributed by atoms with van der Waals surface area (Å²) in [5.41, 5.74) is 0. The Labute approximate surface area is 171 Å². The van der Waals surface area contributed by atoms with E-state index in [1.807, 2.05) is 0 Å². The van der Waals surface area contributed by atoms with Crippen LogP contribution in [0.1, 0.15) is 0 Å². The molecular weight excluding hydrogens is 523 g/mol. The predicted molar refractivity (Wildman–Crippen MR) is 50.5 cm³/mol. The van der Waals surface area contributed by atoms with Crippen LogP contribution in [0.2, 0.25) is 0 Å². The van der Waals surface area contributed by atoms with Crippen molar-refractivity contribution in [3.05, 3.63) is 11.5 Å². The van der Waals surface area contributed by atoms with E-state index in [4.69, 9.17) is 58.9 Å². The van der Waals surface area contributed by atoms with Crippen LogP contribution >= 0.6 is 15.6 Å². The molecule has 4 N–H and O–H groups in total. The molecule has 1 heterocycles. The molecule has 1 aliphatic rings. The van der Waals surface area contributed by atoms with Crippen molar-refractivity contribution in [3.8, 4) is 0 Å². The van der Waals surface area contributed by atoms with E-state index in [2.05, 4.69) is 4.74 Å². The van der Waals surface area contributed by atoms with E-state index in [1.54, 1.807) is 0 Å². The summed E-state index contributed by atoms with van der Waals surface area (Å²) in [7, 11) is -10.8. The normalized spacial score (nSPS) is 17.1. The van der Waals surface area contributed by atoms with Gasteiger partial charge in [-0.1, -0.05) is 0 Å². The van der Waals surface area contributed by atoms with Gasteiger partial charge in [0.05, 0.1) is 6.61 Å². The van der Waals surface area contributed by atoms with Gasteiger partial charge in [0.25, 0.3) is 0 Å². The van der Waals surface area contributed by atoms with E-state index >= 15 is 0 Å².